The number of hydrogen-bond donors (Lipinski definition) is 2. The number of rotatable bonds is 9. The smallest absolute Gasteiger partial charge is 0.416 e. The fourth-order valence-electron chi connectivity index (χ4n) is 8.23. The summed E-state index contributed by atoms with van der Waals surface area (Å²) >= 11 is 6.19. The maximum Gasteiger partial charge on any atom is 0.416 e. The van der Waals surface area contributed by atoms with Crippen LogP contribution < -0.4 is 27.1 Å². The molecule has 1 spiro atoms. The summed E-state index contributed by atoms with van der Waals surface area (Å²) in [5.41, 5.74) is 0.347. The maximum absolute atomic E-state index is 14.5. The van der Waals surface area contributed by atoms with Crippen LogP contribution in [0, 0.1) is 0 Å². The molecular formula is C43H42ClF3N8O6. The molecular weight excluding hydrogens is 817 g/mol. The van der Waals surface area contributed by atoms with Crippen LogP contribution in [0.25, 0.3) is 10.9 Å². The Morgan fingerprint density at radius 2 is 1.89 bits per heavy atom. The van der Waals surface area contributed by atoms with Crippen molar-refractivity contribution in [2.45, 2.75) is 70.2 Å². The van der Waals surface area contributed by atoms with Crippen LogP contribution in [0.1, 0.15) is 72.1 Å². The van der Waals surface area contributed by atoms with Gasteiger partial charge in [0.25, 0.3) is 11.5 Å². The van der Waals surface area contributed by atoms with E-state index in [1.807, 2.05) is 49.4 Å². The second kappa shape index (κ2) is 16.8. The van der Waals surface area contributed by atoms with Crippen LogP contribution in [0.2, 0.25) is 5.02 Å². The number of pyridine rings is 2. The van der Waals surface area contributed by atoms with E-state index >= 15 is 0 Å². The minimum atomic E-state index is -4.63. The maximum atomic E-state index is 14.5. The van der Waals surface area contributed by atoms with Crippen LogP contribution >= 0.6 is 11.6 Å². The molecule has 1 unspecified atom stereocenters. The van der Waals surface area contributed by atoms with E-state index in [0.29, 0.717) is 42.0 Å². The first-order chi connectivity index (χ1) is 29.2. The number of piperidine rings is 1. The number of nitrogens with two attached hydrogens (primary N) is 1. The summed E-state index contributed by atoms with van der Waals surface area (Å²) in [5, 5.41) is 2.92. The van der Waals surface area contributed by atoms with Gasteiger partial charge in [0.1, 0.15) is 18.8 Å². The average Bonchev–Trinajstić information content (AvgIpc) is 3.54. The van der Waals surface area contributed by atoms with Gasteiger partial charge >= 0.3 is 6.18 Å². The SMILES string of the molecule is CC(N=c1n(CC(=O)Nc2ccc(C(F)(F)F)cc2Cl)c2c(c(=O)n1N)C1(CCN(C(=O)c3ncc4ncccc4c3OCc3ccccc3)CC1)O[C@@H]2C)C1=CCOCC1. The van der Waals surface area contributed by atoms with E-state index in [2.05, 4.69) is 15.3 Å². The van der Waals surface area contributed by atoms with Crippen LogP contribution in [0.4, 0.5) is 18.9 Å². The molecule has 0 radical (unpaired) electrons. The lowest BCUT2D eigenvalue weighted by Crippen LogP contribution is -2.53. The molecule has 3 aliphatic rings. The first-order valence-corrected chi connectivity index (χ1v) is 20.1. The molecule has 8 rings (SSSR count). The van der Waals surface area contributed by atoms with Gasteiger partial charge in [-0.25, -0.2) is 9.98 Å². The molecule has 0 aliphatic carbocycles. The van der Waals surface area contributed by atoms with Crippen molar-refractivity contribution >= 4 is 40.0 Å². The summed E-state index contributed by atoms with van der Waals surface area (Å²) in [7, 11) is 0. The number of carbonyl (C=O) groups excluding carboxylic acids is 2. The summed E-state index contributed by atoms with van der Waals surface area (Å²) < 4.78 is 60.9. The first kappa shape index (κ1) is 41.7. The van der Waals surface area contributed by atoms with E-state index in [1.54, 1.807) is 24.1 Å². The highest BCUT2D eigenvalue weighted by Gasteiger charge is 2.50. The molecule has 2 amide bonds. The number of anilines is 1. The van der Waals surface area contributed by atoms with Crippen molar-refractivity contribution in [1.29, 1.82) is 0 Å². The van der Waals surface area contributed by atoms with Crippen LogP contribution in [-0.4, -0.2) is 68.3 Å². The molecule has 3 aromatic heterocycles. The molecule has 1 saturated heterocycles. The van der Waals surface area contributed by atoms with E-state index in [0.717, 1.165) is 34.0 Å². The molecule has 1 fully saturated rings. The van der Waals surface area contributed by atoms with Gasteiger partial charge in [-0.3, -0.25) is 19.4 Å². The van der Waals surface area contributed by atoms with E-state index in [-0.39, 0.29) is 66.0 Å². The molecule has 318 valence electrons. The topological polar surface area (TPSA) is 168 Å². The van der Waals surface area contributed by atoms with Gasteiger partial charge in [-0.15, -0.1) is 0 Å². The molecule has 5 aromatic rings. The number of nitrogens with one attached hydrogen (secondary N) is 1. The lowest BCUT2D eigenvalue weighted by atomic mass is 9.85. The van der Waals surface area contributed by atoms with Gasteiger partial charge < -0.3 is 34.8 Å². The standard InChI is InChI=1S/C43H42ClF3N8O6/c1-25(28-12-19-59-20-13-28)51-41-54(23-34(56)52-32-11-10-29(21-31(32)44)43(45,46)47)37-26(2)61-42(35(37)39(57)55(41)48)14-17-53(18-15-42)40(58)36-38(60-24-27-7-4-3-5-8-27)30-9-6-16-49-33(30)22-50-36/h3-12,16,21-22,25-26H,13-15,17-20,23-24,48H2,1-2H3,(H,52,56)/t25?,26-/m1/s1. The highest BCUT2D eigenvalue weighted by Crippen LogP contribution is 2.47. The summed E-state index contributed by atoms with van der Waals surface area (Å²) in [6.07, 6.45) is 0.708. The second-order valence-electron chi connectivity index (χ2n) is 15.2. The first-order valence-electron chi connectivity index (χ1n) is 19.7. The summed E-state index contributed by atoms with van der Waals surface area (Å²) in [5.74, 6) is 5.87. The van der Waals surface area contributed by atoms with Crippen LogP contribution in [0.15, 0.2) is 94.5 Å². The Labute approximate surface area is 352 Å². The van der Waals surface area contributed by atoms with Crippen LogP contribution in [0.5, 0.6) is 5.75 Å². The number of hydrogen-bond acceptors (Lipinski definition) is 10. The molecule has 61 heavy (non-hydrogen) atoms. The molecule has 0 saturated carbocycles. The Hall–Kier alpha value is -6.04. The largest absolute Gasteiger partial charge is 0.486 e. The molecule has 0 bridgehead atoms. The number of carbonyl (C=O) groups is 2. The van der Waals surface area contributed by atoms with Crippen molar-refractivity contribution in [3.8, 4) is 5.75 Å². The molecule has 18 heteroatoms. The monoisotopic (exact) mass is 858 g/mol. The summed E-state index contributed by atoms with van der Waals surface area (Å²) in [6, 6.07) is 15.3. The van der Waals surface area contributed by atoms with Gasteiger partial charge in [0.2, 0.25) is 11.5 Å². The summed E-state index contributed by atoms with van der Waals surface area (Å²) in [4.78, 5) is 58.0. The minimum Gasteiger partial charge on any atom is -0.486 e. The van der Waals surface area contributed by atoms with Crippen molar-refractivity contribution in [2.75, 3.05) is 37.5 Å². The fraction of sp³-hybridized carbons (Fsp3) is 0.349. The number of aromatic nitrogens is 4. The predicted molar refractivity (Wildman–Crippen MR) is 219 cm³/mol. The lowest BCUT2D eigenvalue weighted by molar-refractivity contribution is -0.137. The Bertz CT molecular complexity index is 2680. The molecule has 3 N–H and O–H groups in total. The highest BCUT2D eigenvalue weighted by molar-refractivity contribution is 6.33. The zero-order chi connectivity index (χ0) is 43.1. The van der Waals surface area contributed by atoms with Crippen molar-refractivity contribution < 1.29 is 37.0 Å². The van der Waals surface area contributed by atoms with Crippen molar-refractivity contribution in [1.82, 2.24) is 24.1 Å². The number of halogens is 4. The Morgan fingerprint density at radius 1 is 1.11 bits per heavy atom. The van der Waals surface area contributed by atoms with Gasteiger partial charge in [-0.2, -0.15) is 17.8 Å². The van der Waals surface area contributed by atoms with Gasteiger partial charge in [-0.05, 0) is 74.6 Å². The van der Waals surface area contributed by atoms with Gasteiger partial charge in [0, 0.05) is 24.7 Å². The normalized spacial score (nSPS) is 18.2. The minimum absolute atomic E-state index is 0.0164. The number of likely N-dealkylation sites (tertiary alicyclic amines) is 1. The Kier molecular flexibility index (Phi) is 11.5. The van der Waals surface area contributed by atoms with E-state index in [9.17, 15) is 27.6 Å². The fourth-order valence-corrected chi connectivity index (χ4v) is 8.46. The predicted octanol–water partition coefficient (Wildman–Crippen LogP) is 6.06. The van der Waals surface area contributed by atoms with E-state index in [1.165, 1.54) is 10.8 Å². The number of benzene rings is 2. The molecule has 6 heterocycles. The van der Waals surface area contributed by atoms with Crippen LogP contribution in [0.3, 0.4) is 0 Å². The third-order valence-electron chi connectivity index (χ3n) is 11.3. The lowest BCUT2D eigenvalue weighted by Gasteiger charge is -2.39. The van der Waals surface area contributed by atoms with Gasteiger partial charge in [-0.1, -0.05) is 48.0 Å². The Balaban J connectivity index is 1.12. The zero-order valence-corrected chi connectivity index (χ0v) is 34.0. The second-order valence-corrected chi connectivity index (χ2v) is 15.6. The number of ether oxygens (including phenoxy) is 3. The Morgan fingerprint density at radius 3 is 2.59 bits per heavy atom. The van der Waals surface area contributed by atoms with Crippen molar-refractivity contribution in [3.63, 3.8) is 0 Å². The number of fused-ring (bicyclic) bond motifs is 3. The van der Waals surface area contributed by atoms with Gasteiger partial charge in [0.05, 0.1) is 64.6 Å². The van der Waals surface area contributed by atoms with Crippen LogP contribution in [-0.2, 0) is 39.2 Å². The molecule has 3 aliphatic heterocycles. The molecule has 14 nitrogen and oxygen atoms in total. The average molecular weight is 859 g/mol. The third-order valence-corrected chi connectivity index (χ3v) is 11.6. The number of nitrogen functional groups attached to an aromatic ring is 1. The number of nitrogens with zero attached hydrogens (tertiary/aromatic N) is 6. The van der Waals surface area contributed by atoms with E-state index < -0.39 is 47.5 Å². The molecule has 2 atom stereocenters. The van der Waals surface area contributed by atoms with E-state index in [4.69, 9.17) is 36.6 Å². The summed E-state index contributed by atoms with van der Waals surface area (Å²) in [6.45, 7) is 4.57. The number of alkyl halides is 3. The third kappa shape index (κ3) is 8.24. The quantitative estimate of drug-likeness (QED) is 0.132. The molecule has 2 aromatic carbocycles. The zero-order valence-electron chi connectivity index (χ0n) is 33.2. The van der Waals surface area contributed by atoms with Crippen molar-refractivity contribution in [3.05, 3.63) is 134 Å². The highest BCUT2D eigenvalue weighted by atomic mass is 35.5. The van der Waals surface area contributed by atoms with Gasteiger partial charge in [0.15, 0.2) is 11.4 Å². The van der Waals surface area contributed by atoms with Crippen molar-refractivity contribution in [2.24, 2.45) is 4.99 Å². The number of amides is 2.